The van der Waals surface area contributed by atoms with Crippen molar-refractivity contribution in [3.63, 3.8) is 0 Å². The van der Waals surface area contributed by atoms with Gasteiger partial charge in [-0.3, -0.25) is 0 Å². The van der Waals surface area contributed by atoms with E-state index < -0.39 is 15.9 Å². The maximum Gasteiger partial charge on any atom is 0.407 e. The van der Waals surface area contributed by atoms with Crippen molar-refractivity contribution in [2.45, 2.75) is 12.6 Å². The highest BCUT2D eigenvalue weighted by atomic mass is 32.2. The van der Waals surface area contributed by atoms with E-state index in [1.807, 2.05) is 30.3 Å². The number of hydrogen-bond donors (Lipinski definition) is 1. The third-order valence-corrected chi connectivity index (χ3v) is 5.51. The van der Waals surface area contributed by atoms with Crippen LogP contribution in [0.4, 0.5) is 4.79 Å². The number of ether oxygens (including phenoxy) is 1. The van der Waals surface area contributed by atoms with Crippen LogP contribution in [0.25, 0.3) is 0 Å². The molecule has 3 atom stereocenters. The fourth-order valence-corrected chi connectivity index (χ4v) is 4.89. The molecular weight excluding hydrogens is 266 g/mol. The third kappa shape index (κ3) is 2.73. The number of fused-ring (bicyclic) bond motifs is 1. The zero-order chi connectivity index (χ0) is 13.5. The first-order valence-electron chi connectivity index (χ1n) is 6.23. The van der Waals surface area contributed by atoms with Gasteiger partial charge < -0.3 is 10.1 Å². The van der Waals surface area contributed by atoms with E-state index in [9.17, 15) is 13.2 Å². The van der Waals surface area contributed by atoms with Gasteiger partial charge in [-0.15, -0.1) is 0 Å². The smallest absolute Gasteiger partial charge is 0.407 e. The van der Waals surface area contributed by atoms with E-state index >= 15 is 0 Å². The van der Waals surface area contributed by atoms with Crippen molar-refractivity contribution in [2.24, 2.45) is 11.8 Å². The molecule has 0 bridgehead atoms. The average Bonchev–Trinajstić information content (AvgIpc) is 2.84. The molecule has 0 aromatic heterocycles. The molecule has 1 saturated heterocycles. The number of alkyl carbamates (subject to hydrolysis) is 1. The van der Waals surface area contributed by atoms with Gasteiger partial charge in [-0.2, -0.15) is 0 Å². The summed E-state index contributed by atoms with van der Waals surface area (Å²) in [6.07, 6.45) is -0.472. The number of carbonyl (C=O) groups excluding carboxylic acids is 1. The number of sulfone groups is 1. The van der Waals surface area contributed by atoms with Crippen molar-refractivity contribution < 1.29 is 17.9 Å². The van der Waals surface area contributed by atoms with Crippen LogP contribution in [0.15, 0.2) is 30.3 Å². The van der Waals surface area contributed by atoms with Gasteiger partial charge in [0.2, 0.25) is 0 Å². The Kier molecular flexibility index (Phi) is 2.97. The number of amides is 1. The Labute approximate surface area is 111 Å². The number of nitrogens with one attached hydrogen (secondary N) is 1. The minimum Gasteiger partial charge on any atom is -0.445 e. The molecular formula is C13H15NO4S. The van der Waals surface area contributed by atoms with Crippen LogP contribution in [0.1, 0.15) is 5.56 Å². The summed E-state index contributed by atoms with van der Waals surface area (Å²) >= 11 is 0. The summed E-state index contributed by atoms with van der Waals surface area (Å²) < 4.78 is 27.6. The van der Waals surface area contributed by atoms with Crippen molar-refractivity contribution in [3.8, 4) is 0 Å². The first-order valence-corrected chi connectivity index (χ1v) is 8.05. The second-order valence-electron chi connectivity index (χ2n) is 5.14. The van der Waals surface area contributed by atoms with E-state index in [-0.39, 0.29) is 36.0 Å². The Bertz CT molecular complexity index is 566. The lowest BCUT2D eigenvalue weighted by atomic mass is 10.2. The van der Waals surface area contributed by atoms with Crippen LogP contribution in [0.5, 0.6) is 0 Å². The van der Waals surface area contributed by atoms with E-state index in [1.54, 1.807) is 0 Å². The standard InChI is InChI=1S/C13H15NO4S/c15-13(18-6-9-4-2-1-3-5-9)14-12-10-7-19(16,17)8-11(10)12/h1-5,10-12H,6-8H2,(H,14,15)/t10-,11+,12?. The van der Waals surface area contributed by atoms with E-state index in [1.165, 1.54) is 0 Å². The third-order valence-electron chi connectivity index (χ3n) is 3.72. The molecule has 1 N–H and O–H groups in total. The molecule has 19 heavy (non-hydrogen) atoms. The molecule has 1 aromatic rings. The molecule has 1 unspecified atom stereocenters. The summed E-state index contributed by atoms with van der Waals surface area (Å²) in [5.74, 6) is 0.575. The van der Waals surface area contributed by atoms with E-state index in [2.05, 4.69) is 5.32 Å². The van der Waals surface area contributed by atoms with Crippen LogP contribution in [0, 0.1) is 11.8 Å². The molecule has 2 fully saturated rings. The molecule has 6 heteroatoms. The molecule has 5 nitrogen and oxygen atoms in total. The maximum atomic E-state index is 11.6. The normalized spacial score (nSPS) is 30.4. The topological polar surface area (TPSA) is 72.5 Å². The van der Waals surface area contributed by atoms with Crippen molar-refractivity contribution in [2.75, 3.05) is 11.5 Å². The predicted molar refractivity (Wildman–Crippen MR) is 69.2 cm³/mol. The van der Waals surface area contributed by atoms with Crippen molar-refractivity contribution in [1.82, 2.24) is 5.32 Å². The molecule has 1 aliphatic heterocycles. The van der Waals surface area contributed by atoms with Gasteiger partial charge in [-0.05, 0) is 17.4 Å². The quantitative estimate of drug-likeness (QED) is 0.895. The number of carbonyl (C=O) groups is 1. The molecule has 3 rings (SSSR count). The van der Waals surface area contributed by atoms with E-state index in [4.69, 9.17) is 4.74 Å². The van der Waals surface area contributed by atoms with Crippen LogP contribution < -0.4 is 5.32 Å². The summed E-state index contributed by atoms with van der Waals surface area (Å²) in [5, 5.41) is 2.74. The highest BCUT2D eigenvalue weighted by Crippen LogP contribution is 2.46. The van der Waals surface area contributed by atoms with E-state index in [0.29, 0.717) is 0 Å². The predicted octanol–water partition coefficient (Wildman–Crippen LogP) is 0.956. The van der Waals surface area contributed by atoms with Crippen LogP contribution in [0.3, 0.4) is 0 Å². The van der Waals surface area contributed by atoms with Gasteiger partial charge in [0.1, 0.15) is 6.61 Å². The zero-order valence-electron chi connectivity index (χ0n) is 10.3. The van der Waals surface area contributed by atoms with Gasteiger partial charge in [-0.1, -0.05) is 30.3 Å². The molecule has 0 spiro atoms. The largest absolute Gasteiger partial charge is 0.445 e. The second kappa shape index (κ2) is 4.52. The molecule has 1 saturated carbocycles. The lowest BCUT2D eigenvalue weighted by Crippen LogP contribution is -2.31. The Balaban J connectivity index is 1.44. The molecule has 1 amide bonds. The molecule has 2 aliphatic rings. The fraction of sp³-hybridized carbons (Fsp3) is 0.462. The summed E-state index contributed by atoms with van der Waals surface area (Å²) in [5.41, 5.74) is 0.927. The van der Waals surface area contributed by atoms with Crippen LogP contribution in [0.2, 0.25) is 0 Å². The van der Waals surface area contributed by atoms with E-state index in [0.717, 1.165) is 5.56 Å². The first-order chi connectivity index (χ1) is 9.05. The molecule has 102 valence electrons. The second-order valence-corrected chi connectivity index (χ2v) is 7.29. The minimum absolute atomic E-state index is 0.0215. The maximum absolute atomic E-state index is 11.6. The fourth-order valence-electron chi connectivity index (χ4n) is 2.67. The Hall–Kier alpha value is -1.56. The first kappa shape index (κ1) is 12.5. The SMILES string of the molecule is O=C(NC1[C@H]2CS(=O)(=O)C[C@@H]12)OCc1ccccc1. The minimum atomic E-state index is -2.86. The van der Waals surface area contributed by atoms with Gasteiger partial charge in [0.15, 0.2) is 9.84 Å². The van der Waals surface area contributed by atoms with Crippen molar-refractivity contribution >= 4 is 15.9 Å². The van der Waals surface area contributed by atoms with Gasteiger partial charge in [0.05, 0.1) is 11.5 Å². The number of rotatable bonds is 3. The van der Waals surface area contributed by atoms with Gasteiger partial charge in [0.25, 0.3) is 0 Å². The zero-order valence-corrected chi connectivity index (χ0v) is 11.1. The van der Waals surface area contributed by atoms with Gasteiger partial charge in [0, 0.05) is 6.04 Å². The van der Waals surface area contributed by atoms with Crippen molar-refractivity contribution in [1.29, 1.82) is 0 Å². The monoisotopic (exact) mass is 281 g/mol. The summed E-state index contributed by atoms with van der Waals surface area (Å²) in [4.78, 5) is 11.6. The molecule has 0 radical (unpaired) electrons. The lowest BCUT2D eigenvalue weighted by molar-refractivity contribution is 0.138. The van der Waals surface area contributed by atoms with Gasteiger partial charge in [-0.25, -0.2) is 13.2 Å². The highest BCUT2D eigenvalue weighted by molar-refractivity contribution is 7.91. The Morgan fingerprint density at radius 1 is 1.21 bits per heavy atom. The van der Waals surface area contributed by atoms with Crippen LogP contribution in [-0.4, -0.2) is 32.1 Å². The number of benzene rings is 1. The molecule has 1 aromatic carbocycles. The van der Waals surface area contributed by atoms with Crippen molar-refractivity contribution in [3.05, 3.63) is 35.9 Å². The van der Waals surface area contributed by atoms with Gasteiger partial charge >= 0.3 is 6.09 Å². The Morgan fingerprint density at radius 2 is 1.84 bits per heavy atom. The summed E-state index contributed by atoms with van der Waals surface area (Å²) in [7, 11) is -2.86. The van der Waals surface area contributed by atoms with Crippen LogP contribution >= 0.6 is 0 Å². The lowest BCUT2D eigenvalue weighted by Gasteiger charge is -2.08. The number of hydrogen-bond acceptors (Lipinski definition) is 4. The molecule has 1 heterocycles. The summed E-state index contributed by atoms with van der Waals surface area (Å²) in [6.45, 7) is 0.229. The van der Waals surface area contributed by atoms with Crippen LogP contribution in [-0.2, 0) is 21.2 Å². The highest BCUT2D eigenvalue weighted by Gasteiger charge is 2.59. The summed E-state index contributed by atoms with van der Waals surface area (Å²) in [6, 6.07) is 9.40. The molecule has 1 aliphatic carbocycles. The Morgan fingerprint density at radius 3 is 2.47 bits per heavy atom. The average molecular weight is 281 g/mol.